The number of carboxylic acids is 1. The highest BCUT2D eigenvalue weighted by Crippen LogP contribution is 2.13. The second-order valence-electron chi connectivity index (χ2n) is 3.09. The molecule has 2 aromatic heterocycles. The molecule has 2 heterocycles. The van der Waals surface area contributed by atoms with Gasteiger partial charge in [-0.3, -0.25) is 0 Å². The van der Waals surface area contributed by atoms with Gasteiger partial charge in [-0.05, 0) is 19.9 Å². The lowest BCUT2D eigenvalue weighted by Crippen LogP contribution is -1.99. The molecule has 0 spiro atoms. The van der Waals surface area contributed by atoms with E-state index in [-0.39, 0.29) is 5.56 Å². The van der Waals surface area contributed by atoms with E-state index in [4.69, 9.17) is 5.11 Å². The van der Waals surface area contributed by atoms with Crippen LogP contribution in [0.15, 0.2) is 12.3 Å². The van der Waals surface area contributed by atoms with Gasteiger partial charge in [0.25, 0.3) is 0 Å². The molecule has 0 atom stereocenters. The summed E-state index contributed by atoms with van der Waals surface area (Å²) in [7, 11) is 0. The zero-order chi connectivity index (χ0) is 10.3. The van der Waals surface area contributed by atoms with Gasteiger partial charge in [0, 0.05) is 11.9 Å². The average molecular weight is 191 g/mol. The molecule has 0 radical (unpaired) electrons. The largest absolute Gasteiger partial charge is 0.477 e. The molecule has 1 N–H and O–H groups in total. The number of aryl methyl sites for hydroxylation is 2. The maximum atomic E-state index is 10.9. The van der Waals surface area contributed by atoms with Crippen molar-refractivity contribution < 1.29 is 9.90 Å². The molecule has 0 aliphatic heterocycles. The van der Waals surface area contributed by atoms with E-state index < -0.39 is 5.97 Å². The van der Waals surface area contributed by atoms with Gasteiger partial charge < -0.3 is 5.11 Å². The van der Waals surface area contributed by atoms with Gasteiger partial charge >= 0.3 is 5.97 Å². The minimum absolute atomic E-state index is 0.175. The van der Waals surface area contributed by atoms with E-state index in [1.54, 1.807) is 23.7 Å². The maximum Gasteiger partial charge on any atom is 0.341 e. The Kier molecular flexibility index (Phi) is 1.73. The number of nitrogens with zero attached hydrogens (tertiary/aromatic N) is 3. The molecule has 5 nitrogen and oxygen atoms in total. The predicted molar refractivity (Wildman–Crippen MR) is 49.4 cm³/mol. The Morgan fingerprint density at radius 3 is 2.86 bits per heavy atom. The van der Waals surface area contributed by atoms with E-state index in [2.05, 4.69) is 10.1 Å². The smallest absolute Gasteiger partial charge is 0.341 e. The zero-order valence-electron chi connectivity index (χ0n) is 7.85. The van der Waals surface area contributed by atoms with Crippen LogP contribution in [0.2, 0.25) is 0 Å². The Morgan fingerprint density at radius 2 is 2.21 bits per heavy atom. The summed E-state index contributed by atoms with van der Waals surface area (Å²) in [6.07, 6.45) is 1.58. The average Bonchev–Trinajstić information content (AvgIpc) is 2.42. The van der Waals surface area contributed by atoms with Gasteiger partial charge in [0.05, 0.1) is 5.69 Å². The van der Waals surface area contributed by atoms with Gasteiger partial charge in [-0.15, -0.1) is 0 Å². The lowest BCUT2D eigenvalue weighted by molar-refractivity contribution is 0.0698. The van der Waals surface area contributed by atoms with Crippen LogP contribution in [0, 0.1) is 13.8 Å². The number of aromatic nitrogens is 3. The molecule has 0 amide bonds. The van der Waals surface area contributed by atoms with Crippen LogP contribution in [0.3, 0.4) is 0 Å². The predicted octanol–water partition coefficient (Wildman–Crippen LogP) is 1.04. The summed E-state index contributed by atoms with van der Waals surface area (Å²) in [6, 6.07) is 1.78. The number of fused-ring (bicyclic) bond motifs is 1. The van der Waals surface area contributed by atoms with Crippen molar-refractivity contribution in [3.63, 3.8) is 0 Å². The zero-order valence-corrected chi connectivity index (χ0v) is 7.85. The van der Waals surface area contributed by atoms with Gasteiger partial charge in [-0.1, -0.05) is 0 Å². The molecule has 0 aromatic carbocycles. The molecule has 5 heteroatoms. The van der Waals surface area contributed by atoms with Crippen LogP contribution in [0.5, 0.6) is 0 Å². The Hall–Kier alpha value is -1.91. The van der Waals surface area contributed by atoms with Crippen LogP contribution in [0.4, 0.5) is 0 Å². The molecule has 2 rings (SSSR count). The number of hydrogen-bond acceptors (Lipinski definition) is 3. The number of carboxylic acid groups (broad SMARTS) is 1. The van der Waals surface area contributed by atoms with Crippen LogP contribution in [0.25, 0.3) is 5.65 Å². The summed E-state index contributed by atoms with van der Waals surface area (Å²) < 4.78 is 1.54. The van der Waals surface area contributed by atoms with Crippen LogP contribution in [-0.2, 0) is 0 Å². The molecule has 2 aromatic rings. The highest BCUT2D eigenvalue weighted by molar-refractivity contribution is 5.95. The third-order valence-corrected chi connectivity index (χ3v) is 2.10. The van der Waals surface area contributed by atoms with Crippen LogP contribution in [-0.4, -0.2) is 25.7 Å². The van der Waals surface area contributed by atoms with E-state index >= 15 is 0 Å². The lowest BCUT2D eigenvalue weighted by atomic mass is 10.2. The highest BCUT2D eigenvalue weighted by atomic mass is 16.4. The number of aromatic carboxylic acids is 1. The Morgan fingerprint density at radius 1 is 1.50 bits per heavy atom. The van der Waals surface area contributed by atoms with Crippen molar-refractivity contribution in [1.82, 2.24) is 14.6 Å². The van der Waals surface area contributed by atoms with Gasteiger partial charge in [0.2, 0.25) is 0 Å². The second kappa shape index (κ2) is 2.80. The molecule has 0 saturated heterocycles. The van der Waals surface area contributed by atoms with Gasteiger partial charge in [-0.2, -0.15) is 5.10 Å². The molecule has 0 aliphatic rings. The summed E-state index contributed by atoms with van der Waals surface area (Å²) >= 11 is 0. The molecule has 14 heavy (non-hydrogen) atoms. The summed E-state index contributed by atoms with van der Waals surface area (Å²) in [5, 5.41) is 13.1. The molecular weight excluding hydrogens is 182 g/mol. The minimum Gasteiger partial charge on any atom is -0.477 e. The van der Waals surface area contributed by atoms with E-state index in [9.17, 15) is 4.79 Å². The van der Waals surface area contributed by atoms with Crippen molar-refractivity contribution in [1.29, 1.82) is 0 Å². The van der Waals surface area contributed by atoms with Gasteiger partial charge in [-0.25, -0.2) is 14.3 Å². The maximum absolute atomic E-state index is 10.9. The molecule has 0 bridgehead atoms. The van der Waals surface area contributed by atoms with Gasteiger partial charge in [0.15, 0.2) is 5.65 Å². The molecule has 0 unspecified atom stereocenters. The molecule has 0 saturated carbocycles. The topological polar surface area (TPSA) is 67.5 Å². The Balaban J connectivity index is 2.90. The molecule has 72 valence electrons. The van der Waals surface area contributed by atoms with Crippen molar-refractivity contribution in [2.45, 2.75) is 13.8 Å². The van der Waals surface area contributed by atoms with Gasteiger partial charge in [0.1, 0.15) is 5.56 Å². The number of hydrogen-bond donors (Lipinski definition) is 1. The van der Waals surface area contributed by atoms with Crippen molar-refractivity contribution in [3.8, 4) is 0 Å². The van der Waals surface area contributed by atoms with E-state index in [1.165, 1.54) is 0 Å². The monoisotopic (exact) mass is 191 g/mol. The third-order valence-electron chi connectivity index (χ3n) is 2.10. The summed E-state index contributed by atoms with van der Waals surface area (Å²) in [6.45, 7) is 3.52. The first kappa shape index (κ1) is 8.68. The minimum atomic E-state index is -0.990. The number of carbonyl (C=O) groups is 1. The second-order valence-corrected chi connectivity index (χ2v) is 3.09. The summed E-state index contributed by atoms with van der Waals surface area (Å²) in [4.78, 5) is 14.9. The van der Waals surface area contributed by atoms with E-state index in [0.717, 1.165) is 5.69 Å². The van der Waals surface area contributed by atoms with Crippen LogP contribution >= 0.6 is 0 Å². The van der Waals surface area contributed by atoms with Crippen molar-refractivity contribution in [2.24, 2.45) is 0 Å². The molecule has 0 fully saturated rings. The van der Waals surface area contributed by atoms with Crippen LogP contribution < -0.4 is 0 Å². The number of rotatable bonds is 1. The summed E-state index contributed by atoms with van der Waals surface area (Å²) in [5.74, 6) is -0.990. The molecule has 0 aliphatic carbocycles. The fraction of sp³-hybridized carbons (Fsp3) is 0.222. The first-order valence-electron chi connectivity index (χ1n) is 4.15. The lowest BCUT2D eigenvalue weighted by Gasteiger charge is -1.96. The summed E-state index contributed by atoms with van der Waals surface area (Å²) in [5.41, 5.74) is 1.92. The molecular formula is C9H9N3O2. The highest BCUT2D eigenvalue weighted by Gasteiger charge is 2.17. The van der Waals surface area contributed by atoms with E-state index in [0.29, 0.717) is 11.3 Å². The SMILES string of the molecule is Cc1nn2c(C)ccnc2c1C(=O)O. The van der Waals surface area contributed by atoms with E-state index in [1.807, 2.05) is 6.92 Å². The van der Waals surface area contributed by atoms with Crippen molar-refractivity contribution in [2.75, 3.05) is 0 Å². The quantitative estimate of drug-likeness (QED) is 0.731. The standard InChI is InChI=1S/C9H9N3O2/c1-5-3-4-10-8-7(9(13)14)6(2)11-12(5)8/h3-4H,1-2H3,(H,13,14). The van der Waals surface area contributed by atoms with Crippen molar-refractivity contribution in [3.05, 3.63) is 29.2 Å². The fourth-order valence-corrected chi connectivity index (χ4v) is 1.42. The van der Waals surface area contributed by atoms with Crippen LogP contribution in [0.1, 0.15) is 21.7 Å². The Labute approximate surface area is 80.0 Å². The fourth-order valence-electron chi connectivity index (χ4n) is 1.42. The van der Waals surface area contributed by atoms with Crippen molar-refractivity contribution >= 4 is 11.6 Å². The first-order valence-corrected chi connectivity index (χ1v) is 4.15. The third kappa shape index (κ3) is 1.06. The normalized spacial score (nSPS) is 10.7. The first-order chi connectivity index (χ1) is 6.61. The Bertz CT molecular complexity index is 516.